The number of amides is 1. The Bertz CT molecular complexity index is 710. The normalized spacial score (nSPS) is 11.2. The molecule has 2 rings (SSSR count). The Hall–Kier alpha value is -2.69. The van der Waals surface area contributed by atoms with E-state index in [1.165, 1.54) is 17.7 Å². The van der Waals surface area contributed by atoms with Crippen molar-refractivity contribution in [3.05, 3.63) is 35.3 Å². The van der Waals surface area contributed by atoms with Gasteiger partial charge in [-0.05, 0) is 18.2 Å². The van der Waals surface area contributed by atoms with Gasteiger partial charge < -0.3 is 9.47 Å². The van der Waals surface area contributed by atoms with Crippen molar-refractivity contribution in [1.29, 1.82) is 0 Å². The summed E-state index contributed by atoms with van der Waals surface area (Å²) in [7, 11) is 0. The highest BCUT2D eigenvalue weighted by atomic mass is 32.1. The van der Waals surface area contributed by atoms with E-state index >= 15 is 0 Å². The number of nitrogens with zero attached hydrogens (tertiary/aromatic N) is 2. The van der Waals surface area contributed by atoms with E-state index < -0.39 is 24.9 Å². The minimum atomic E-state index is -3.17. The van der Waals surface area contributed by atoms with Crippen LogP contribution in [0.4, 0.5) is 22.7 Å². The molecule has 0 spiro atoms. The maximum absolute atomic E-state index is 12.4. The first-order valence-corrected chi connectivity index (χ1v) is 7.11. The smallest absolute Gasteiger partial charge is 0.387 e. The van der Waals surface area contributed by atoms with E-state index in [0.29, 0.717) is 0 Å². The lowest BCUT2D eigenvalue weighted by Gasteiger charge is -2.11. The van der Waals surface area contributed by atoms with Crippen molar-refractivity contribution in [2.24, 2.45) is 0 Å². The van der Waals surface area contributed by atoms with Crippen LogP contribution < -0.4 is 14.8 Å². The van der Waals surface area contributed by atoms with Crippen LogP contribution in [0.1, 0.15) is 5.56 Å². The molecule has 24 heavy (non-hydrogen) atoms. The molecule has 11 heteroatoms. The maximum atomic E-state index is 12.4. The van der Waals surface area contributed by atoms with Gasteiger partial charge in [0, 0.05) is 17.7 Å². The van der Waals surface area contributed by atoms with E-state index in [0.717, 1.165) is 29.5 Å². The summed E-state index contributed by atoms with van der Waals surface area (Å²) in [5, 5.41) is 9.78. The lowest BCUT2D eigenvalue weighted by Crippen LogP contribution is -2.08. The van der Waals surface area contributed by atoms with E-state index in [1.807, 2.05) is 0 Å². The molecule has 0 radical (unpaired) electrons. The summed E-state index contributed by atoms with van der Waals surface area (Å²) in [6, 6.07) is 3.21. The van der Waals surface area contributed by atoms with Crippen LogP contribution in [0, 0.1) is 0 Å². The van der Waals surface area contributed by atoms with Gasteiger partial charge in [0.25, 0.3) is 0 Å². The summed E-state index contributed by atoms with van der Waals surface area (Å²) in [6.07, 6.45) is 2.23. The molecule has 1 heterocycles. The van der Waals surface area contributed by atoms with Crippen LogP contribution in [-0.4, -0.2) is 29.3 Å². The Kier molecular flexibility index (Phi) is 6.07. The molecule has 0 aliphatic rings. The van der Waals surface area contributed by atoms with Crippen LogP contribution in [0.2, 0.25) is 0 Å². The van der Waals surface area contributed by atoms with E-state index in [1.54, 1.807) is 0 Å². The molecule has 0 unspecified atom stereocenters. The fraction of sp³-hybridized carbons (Fsp3) is 0.154. The van der Waals surface area contributed by atoms with Gasteiger partial charge in [0.2, 0.25) is 11.0 Å². The van der Waals surface area contributed by atoms with Crippen molar-refractivity contribution >= 4 is 28.5 Å². The zero-order valence-electron chi connectivity index (χ0n) is 11.7. The molecule has 1 N–H and O–H groups in total. The second kappa shape index (κ2) is 8.24. The quantitative estimate of drug-likeness (QED) is 0.603. The Morgan fingerprint density at radius 2 is 1.96 bits per heavy atom. The highest BCUT2D eigenvalue weighted by Crippen LogP contribution is 2.28. The minimum absolute atomic E-state index is 0.0735. The van der Waals surface area contributed by atoms with Crippen LogP contribution >= 0.6 is 11.3 Å². The fourth-order valence-corrected chi connectivity index (χ4v) is 2.01. The van der Waals surface area contributed by atoms with Gasteiger partial charge in [-0.1, -0.05) is 11.3 Å². The van der Waals surface area contributed by atoms with E-state index in [9.17, 15) is 22.4 Å². The van der Waals surface area contributed by atoms with Gasteiger partial charge in [-0.2, -0.15) is 17.6 Å². The Morgan fingerprint density at radius 3 is 2.58 bits per heavy atom. The number of hydrogen-bond donors (Lipinski definition) is 1. The molecule has 0 atom stereocenters. The summed E-state index contributed by atoms with van der Waals surface area (Å²) in [5.74, 6) is -1.35. The molecule has 0 fully saturated rings. The Morgan fingerprint density at radius 1 is 1.21 bits per heavy atom. The van der Waals surface area contributed by atoms with Crippen molar-refractivity contribution < 1.29 is 31.8 Å². The third-order valence-electron chi connectivity index (χ3n) is 2.43. The summed E-state index contributed by atoms with van der Waals surface area (Å²) < 4.78 is 57.5. The van der Waals surface area contributed by atoms with Crippen LogP contribution in [0.3, 0.4) is 0 Å². The standard InChI is InChI=1S/C13H9F4N3O3S/c14-11(15)22-8-3-1-7(9(5-8)23-12(16)17)2-4-10(21)19-13-20-18-6-24-13/h1-6,11-12H,(H,19,20,21)/b4-2+. The fourth-order valence-electron chi connectivity index (χ4n) is 1.57. The largest absolute Gasteiger partial charge is 0.435 e. The predicted molar refractivity (Wildman–Crippen MR) is 77.3 cm³/mol. The molecule has 0 saturated carbocycles. The molecule has 6 nitrogen and oxygen atoms in total. The van der Waals surface area contributed by atoms with Gasteiger partial charge in [-0.3, -0.25) is 10.1 Å². The zero-order valence-corrected chi connectivity index (χ0v) is 12.5. The number of nitrogens with one attached hydrogen (secondary N) is 1. The van der Waals surface area contributed by atoms with Crippen molar-refractivity contribution in [2.75, 3.05) is 5.32 Å². The molecule has 128 valence electrons. The molecule has 1 aromatic carbocycles. The third-order valence-corrected chi connectivity index (χ3v) is 3.04. The Labute approximate surface area is 136 Å². The average Bonchev–Trinajstić information content (AvgIpc) is 2.98. The van der Waals surface area contributed by atoms with Gasteiger partial charge in [0.05, 0.1) is 0 Å². The molecule has 1 amide bonds. The lowest BCUT2D eigenvalue weighted by atomic mass is 10.1. The summed E-state index contributed by atoms with van der Waals surface area (Å²) in [6.45, 7) is -6.28. The molecule has 0 saturated heterocycles. The SMILES string of the molecule is O=C(/C=C/c1ccc(OC(F)F)cc1OC(F)F)Nc1nncs1. The number of benzene rings is 1. The first kappa shape index (κ1) is 17.7. The van der Waals surface area contributed by atoms with Gasteiger partial charge in [0.1, 0.15) is 17.0 Å². The average molecular weight is 363 g/mol. The van der Waals surface area contributed by atoms with Gasteiger partial charge in [-0.25, -0.2) is 0 Å². The van der Waals surface area contributed by atoms with Gasteiger partial charge in [0.15, 0.2) is 0 Å². The maximum Gasteiger partial charge on any atom is 0.387 e. The molecular formula is C13H9F4N3O3S. The third kappa shape index (κ3) is 5.50. The molecule has 0 aliphatic heterocycles. The van der Waals surface area contributed by atoms with E-state index in [-0.39, 0.29) is 16.4 Å². The van der Waals surface area contributed by atoms with Crippen LogP contribution in [0.15, 0.2) is 29.8 Å². The highest BCUT2D eigenvalue weighted by molar-refractivity contribution is 7.13. The van der Waals surface area contributed by atoms with Crippen LogP contribution in [0.5, 0.6) is 11.5 Å². The number of carbonyl (C=O) groups is 1. The second-order valence-electron chi connectivity index (χ2n) is 4.02. The molecule has 0 bridgehead atoms. The first-order valence-electron chi connectivity index (χ1n) is 6.23. The number of aromatic nitrogens is 2. The van der Waals surface area contributed by atoms with Crippen molar-refractivity contribution in [3.8, 4) is 11.5 Å². The Balaban J connectivity index is 2.14. The number of hydrogen-bond acceptors (Lipinski definition) is 6. The number of ether oxygens (including phenoxy) is 2. The van der Waals surface area contributed by atoms with E-state index in [4.69, 9.17) is 0 Å². The predicted octanol–water partition coefficient (Wildman–Crippen LogP) is 3.39. The van der Waals surface area contributed by atoms with Crippen LogP contribution in [0.25, 0.3) is 6.08 Å². The monoisotopic (exact) mass is 363 g/mol. The molecule has 0 aliphatic carbocycles. The second-order valence-corrected chi connectivity index (χ2v) is 4.86. The number of carbonyl (C=O) groups excluding carboxylic acids is 1. The zero-order chi connectivity index (χ0) is 17.5. The van der Waals surface area contributed by atoms with Crippen molar-refractivity contribution in [1.82, 2.24) is 10.2 Å². The van der Waals surface area contributed by atoms with Gasteiger partial charge in [-0.15, -0.1) is 10.2 Å². The summed E-state index contributed by atoms with van der Waals surface area (Å²) in [5.41, 5.74) is 1.49. The minimum Gasteiger partial charge on any atom is -0.435 e. The summed E-state index contributed by atoms with van der Waals surface area (Å²) in [4.78, 5) is 11.7. The van der Waals surface area contributed by atoms with Crippen molar-refractivity contribution in [3.63, 3.8) is 0 Å². The summed E-state index contributed by atoms with van der Waals surface area (Å²) >= 11 is 1.09. The lowest BCUT2D eigenvalue weighted by molar-refractivity contribution is -0.111. The number of anilines is 1. The van der Waals surface area contributed by atoms with Crippen LogP contribution in [-0.2, 0) is 4.79 Å². The number of rotatable bonds is 7. The molecule has 2 aromatic rings. The molecular weight excluding hydrogens is 354 g/mol. The number of halogens is 4. The topological polar surface area (TPSA) is 73.3 Å². The van der Waals surface area contributed by atoms with Crippen molar-refractivity contribution in [2.45, 2.75) is 13.2 Å². The van der Waals surface area contributed by atoms with Gasteiger partial charge >= 0.3 is 13.2 Å². The molecule has 1 aromatic heterocycles. The van der Waals surface area contributed by atoms with E-state index in [2.05, 4.69) is 25.0 Å². The highest BCUT2D eigenvalue weighted by Gasteiger charge is 2.12. The first-order chi connectivity index (χ1) is 11.4. The number of alkyl halides is 4.